The standard InChI is InChI=1S/C10H11O/c1-8-4-3-5-10(6-8)9(2)7-11/h3-6,9H,1-2H3. The van der Waals surface area contributed by atoms with Gasteiger partial charge in [-0.2, -0.15) is 0 Å². The fraction of sp³-hybridized carbons (Fsp3) is 0.300. The lowest BCUT2D eigenvalue weighted by molar-refractivity contribution is 0.546. The molecule has 1 rings (SSSR count). The van der Waals surface area contributed by atoms with E-state index in [9.17, 15) is 4.79 Å². The maximum Gasteiger partial charge on any atom is 0.206 e. The van der Waals surface area contributed by atoms with E-state index in [4.69, 9.17) is 0 Å². The van der Waals surface area contributed by atoms with Gasteiger partial charge in [-0.15, -0.1) is 0 Å². The monoisotopic (exact) mass is 147 g/mol. The van der Waals surface area contributed by atoms with Crippen LogP contribution in [-0.4, -0.2) is 6.29 Å². The van der Waals surface area contributed by atoms with Crippen LogP contribution in [0, 0.1) is 6.92 Å². The molecule has 0 heterocycles. The highest BCUT2D eigenvalue weighted by atomic mass is 16.1. The van der Waals surface area contributed by atoms with Gasteiger partial charge < -0.3 is 0 Å². The van der Waals surface area contributed by atoms with Gasteiger partial charge in [0, 0.05) is 5.92 Å². The average Bonchev–Trinajstić information content (AvgIpc) is 2.03. The summed E-state index contributed by atoms with van der Waals surface area (Å²) in [6.45, 7) is 3.86. The average molecular weight is 147 g/mol. The van der Waals surface area contributed by atoms with Crippen LogP contribution < -0.4 is 0 Å². The Hall–Kier alpha value is -1.11. The van der Waals surface area contributed by atoms with E-state index in [-0.39, 0.29) is 5.92 Å². The maximum atomic E-state index is 10.3. The van der Waals surface area contributed by atoms with Crippen molar-refractivity contribution in [3.63, 3.8) is 0 Å². The molecule has 1 nitrogen and oxygen atoms in total. The van der Waals surface area contributed by atoms with Crippen LogP contribution in [0.15, 0.2) is 24.3 Å². The molecule has 0 bridgehead atoms. The van der Waals surface area contributed by atoms with E-state index in [2.05, 4.69) is 0 Å². The molecule has 0 aliphatic rings. The van der Waals surface area contributed by atoms with Crippen molar-refractivity contribution < 1.29 is 4.79 Å². The number of aryl methyl sites for hydroxylation is 1. The summed E-state index contributed by atoms with van der Waals surface area (Å²) in [5.74, 6) is -0.102. The van der Waals surface area contributed by atoms with E-state index in [1.807, 2.05) is 44.4 Å². The first-order chi connectivity index (χ1) is 5.24. The molecule has 0 amide bonds. The summed E-state index contributed by atoms with van der Waals surface area (Å²) in [6, 6.07) is 7.93. The highest BCUT2D eigenvalue weighted by molar-refractivity contribution is 5.62. The summed E-state index contributed by atoms with van der Waals surface area (Å²) in [6.07, 6.45) is 1.96. The Bertz CT molecular complexity index is 253. The number of carbonyl (C=O) groups excluding carboxylic acids is 1. The Labute approximate surface area is 67.1 Å². The van der Waals surface area contributed by atoms with Crippen LogP contribution in [0.3, 0.4) is 0 Å². The Kier molecular flexibility index (Phi) is 2.42. The maximum absolute atomic E-state index is 10.3. The van der Waals surface area contributed by atoms with Crippen LogP contribution in [-0.2, 0) is 4.79 Å². The molecule has 57 valence electrons. The summed E-state index contributed by atoms with van der Waals surface area (Å²) in [5, 5.41) is 0. The summed E-state index contributed by atoms with van der Waals surface area (Å²) in [5.41, 5.74) is 2.23. The molecule has 0 spiro atoms. The molecule has 0 fully saturated rings. The van der Waals surface area contributed by atoms with E-state index in [1.54, 1.807) is 0 Å². The zero-order chi connectivity index (χ0) is 8.27. The third-order valence-corrected chi connectivity index (χ3v) is 1.72. The minimum absolute atomic E-state index is 0.102. The molecule has 0 aliphatic carbocycles. The second kappa shape index (κ2) is 3.33. The molecule has 11 heavy (non-hydrogen) atoms. The van der Waals surface area contributed by atoms with Crippen LogP contribution in [0.4, 0.5) is 0 Å². The minimum Gasteiger partial charge on any atom is -0.290 e. The van der Waals surface area contributed by atoms with E-state index >= 15 is 0 Å². The molecular weight excluding hydrogens is 136 g/mol. The molecule has 1 aromatic rings. The number of hydrogen-bond acceptors (Lipinski definition) is 1. The van der Waals surface area contributed by atoms with E-state index in [0.717, 1.165) is 5.56 Å². The first-order valence-corrected chi connectivity index (χ1v) is 3.68. The third kappa shape index (κ3) is 1.90. The SMILES string of the molecule is Cc1cccc(C(C)[C]=O)c1. The Morgan fingerprint density at radius 3 is 2.73 bits per heavy atom. The van der Waals surface area contributed by atoms with Crippen molar-refractivity contribution >= 4 is 6.29 Å². The molecule has 1 heteroatoms. The molecule has 0 aliphatic heterocycles. The van der Waals surface area contributed by atoms with Gasteiger partial charge in [0.05, 0.1) is 0 Å². The molecule has 0 saturated heterocycles. The molecule has 0 N–H and O–H groups in total. The zero-order valence-corrected chi connectivity index (χ0v) is 6.79. The van der Waals surface area contributed by atoms with Crippen molar-refractivity contribution in [2.24, 2.45) is 0 Å². The topological polar surface area (TPSA) is 17.1 Å². The second-order valence-corrected chi connectivity index (χ2v) is 2.75. The van der Waals surface area contributed by atoms with E-state index in [0.29, 0.717) is 0 Å². The first kappa shape index (κ1) is 7.99. The van der Waals surface area contributed by atoms with Crippen molar-refractivity contribution in [3.8, 4) is 0 Å². The van der Waals surface area contributed by atoms with Crippen molar-refractivity contribution in [3.05, 3.63) is 35.4 Å². The van der Waals surface area contributed by atoms with Crippen LogP contribution in [0.5, 0.6) is 0 Å². The van der Waals surface area contributed by atoms with Crippen molar-refractivity contribution in [2.45, 2.75) is 19.8 Å². The normalized spacial score (nSPS) is 12.5. The quantitative estimate of drug-likeness (QED) is 0.626. The number of hydrogen-bond donors (Lipinski definition) is 0. The summed E-state index contributed by atoms with van der Waals surface area (Å²) in [7, 11) is 0. The van der Waals surface area contributed by atoms with Crippen molar-refractivity contribution in [2.75, 3.05) is 0 Å². The fourth-order valence-corrected chi connectivity index (χ4v) is 1.01. The molecule has 1 atom stereocenters. The van der Waals surface area contributed by atoms with Crippen LogP contribution >= 0.6 is 0 Å². The summed E-state index contributed by atoms with van der Waals surface area (Å²) in [4.78, 5) is 10.3. The van der Waals surface area contributed by atoms with Gasteiger partial charge in [-0.25, -0.2) is 0 Å². The van der Waals surface area contributed by atoms with Crippen molar-refractivity contribution in [1.82, 2.24) is 0 Å². The lowest BCUT2D eigenvalue weighted by Crippen LogP contribution is -1.93. The first-order valence-electron chi connectivity index (χ1n) is 3.68. The summed E-state index contributed by atoms with van der Waals surface area (Å²) < 4.78 is 0. The molecule has 0 aromatic heterocycles. The molecular formula is C10H11O. The smallest absolute Gasteiger partial charge is 0.206 e. The molecule has 1 unspecified atom stereocenters. The van der Waals surface area contributed by atoms with Gasteiger partial charge >= 0.3 is 0 Å². The predicted octanol–water partition coefficient (Wildman–Crippen LogP) is 2.21. The second-order valence-electron chi connectivity index (χ2n) is 2.75. The Morgan fingerprint density at radius 2 is 2.18 bits per heavy atom. The number of benzene rings is 1. The highest BCUT2D eigenvalue weighted by Crippen LogP contribution is 2.13. The van der Waals surface area contributed by atoms with Gasteiger partial charge in [0.1, 0.15) is 0 Å². The largest absolute Gasteiger partial charge is 0.290 e. The summed E-state index contributed by atoms with van der Waals surface area (Å²) >= 11 is 0. The molecule has 1 aromatic carbocycles. The molecule has 1 radical (unpaired) electrons. The Balaban J connectivity index is 2.95. The van der Waals surface area contributed by atoms with Crippen LogP contribution in [0.2, 0.25) is 0 Å². The van der Waals surface area contributed by atoms with Crippen LogP contribution in [0.1, 0.15) is 24.0 Å². The lowest BCUT2D eigenvalue weighted by atomic mass is 10.0. The van der Waals surface area contributed by atoms with Gasteiger partial charge in [-0.1, -0.05) is 36.8 Å². The Morgan fingerprint density at radius 1 is 1.45 bits per heavy atom. The van der Waals surface area contributed by atoms with E-state index < -0.39 is 0 Å². The van der Waals surface area contributed by atoms with Crippen molar-refractivity contribution in [1.29, 1.82) is 0 Å². The number of rotatable bonds is 2. The lowest BCUT2D eigenvalue weighted by Gasteiger charge is -2.02. The fourth-order valence-electron chi connectivity index (χ4n) is 1.01. The van der Waals surface area contributed by atoms with Gasteiger partial charge in [-0.05, 0) is 12.5 Å². The zero-order valence-electron chi connectivity index (χ0n) is 6.79. The highest BCUT2D eigenvalue weighted by Gasteiger charge is 2.02. The molecule has 0 saturated carbocycles. The van der Waals surface area contributed by atoms with Gasteiger partial charge in [0.25, 0.3) is 0 Å². The van der Waals surface area contributed by atoms with Gasteiger partial charge in [0.2, 0.25) is 6.29 Å². The minimum atomic E-state index is -0.102. The van der Waals surface area contributed by atoms with Gasteiger partial charge in [-0.3, -0.25) is 4.79 Å². The van der Waals surface area contributed by atoms with Gasteiger partial charge in [0.15, 0.2) is 0 Å². The van der Waals surface area contributed by atoms with Crippen LogP contribution in [0.25, 0.3) is 0 Å². The van der Waals surface area contributed by atoms with E-state index in [1.165, 1.54) is 5.56 Å². The predicted molar refractivity (Wildman–Crippen MR) is 45.3 cm³/mol. The third-order valence-electron chi connectivity index (χ3n) is 1.72.